The SMILES string of the molecule is CCC(CC)(CP(=O)(O)O)[C@@H]1NC(=O)[C@H]1[C@@H](NC(=N)N)C(=O)O. The van der Waals surface area contributed by atoms with Gasteiger partial charge in [0.25, 0.3) is 0 Å². The Kier molecular flexibility index (Phi) is 5.79. The molecule has 0 radical (unpaired) electrons. The van der Waals surface area contributed by atoms with Crippen molar-refractivity contribution in [3.8, 4) is 0 Å². The molecule has 1 saturated heterocycles. The van der Waals surface area contributed by atoms with Gasteiger partial charge in [-0.25, -0.2) is 4.79 Å². The molecule has 1 aliphatic rings. The van der Waals surface area contributed by atoms with E-state index in [1.165, 1.54) is 0 Å². The molecule has 0 saturated carbocycles. The van der Waals surface area contributed by atoms with E-state index in [-0.39, 0.29) is 0 Å². The minimum Gasteiger partial charge on any atom is -0.480 e. The molecular formula is C12H23N4O6P. The van der Waals surface area contributed by atoms with Gasteiger partial charge in [0.05, 0.1) is 12.1 Å². The third kappa shape index (κ3) is 4.21. The van der Waals surface area contributed by atoms with E-state index < -0.39 is 55.0 Å². The lowest BCUT2D eigenvalue weighted by atomic mass is 9.65. The van der Waals surface area contributed by atoms with Crippen molar-refractivity contribution in [3.63, 3.8) is 0 Å². The molecule has 1 rings (SSSR count). The normalized spacial score (nSPS) is 22.7. The minimum atomic E-state index is -4.37. The van der Waals surface area contributed by atoms with Crippen molar-refractivity contribution in [2.45, 2.75) is 38.8 Å². The van der Waals surface area contributed by atoms with Crippen molar-refractivity contribution < 1.29 is 29.0 Å². The van der Waals surface area contributed by atoms with Crippen LogP contribution in [0.3, 0.4) is 0 Å². The molecule has 1 aliphatic heterocycles. The zero-order valence-corrected chi connectivity index (χ0v) is 13.8. The van der Waals surface area contributed by atoms with Crippen LogP contribution in [-0.2, 0) is 14.2 Å². The predicted molar refractivity (Wildman–Crippen MR) is 81.8 cm³/mol. The molecule has 0 aliphatic carbocycles. The van der Waals surface area contributed by atoms with Crippen LogP contribution in [-0.4, -0.2) is 51.0 Å². The number of hydrogen-bond donors (Lipinski definition) is 7. The molecule has 0 aromatic carbocycles. The van der Waals surface area contributed by atoms with Gasteiger partial charge in [0.1, 0.15) is 6.04 Å². The number of nitrogens with one attached hydrogen (secondary N) is 3. The van der Waals surface area contributed by atoms with Gasteiger partial charge in [-0.1, -0.05) is 13.8 Å². The molecule has 1 amide bonds. The maximum atomic E-state index is 11.9. The molecule has 23 heavy (non-hydrogen) atoms. The maximum Gasteiger partial charge on any atom is 0.327 e. The highest BCUT2D eigenvalue weighted by molar-refractivity contribution is 7.51. The van der Waals surface area contributed by atoms with Crippen LogP contribution in [0.15, 0.2) is 0 Å². The Labute approximate surface area is 133 Å². The molecule has 10 nitrogen and oxygen atoms in total. The average Bonchev–Trinajstić information content (AvgIpc) is 2.40. The fourth-order valence-electron chi connectivity index (χ4n) is 3.17. The van der Waals surface area contributed by atoms with E-state index >= 15 is 0 Å². The average molecular weight is 350 g/mol. The number of amides is 1. The van der Waals surface area contributed by atoms with E-state index in [2.05, 4.69) is 10.6 Å². The molecule has 1 fully saturated rings. The van der Waals surface area contributed by atoms with E-state index in [4.69, 9.17) is 11.1 Å². The van der Waals surface area contributed by atoms with Crippen molar-refractivity contribution >= 4 is 25.4 Å². The number of carbonyl (C=O) groups is 2. The zero-order chi connectivity index (χ0) is 18.0. The van der Waals surface area contributed by atoms with Crippen LogP contribution in [0.25, 0.3) is 0 Å². The number of rotatable bonds is 8. The van der Waals surface area contributed by atoms with Gasteiger partial charge >= 0.3 is 13.6 Å². The second kappa shape index (κ2) is 6.86. The van der Waals surface area contributed by atoms with E-state index in [1.54, 1.807) is 13.8 Å². The minimum absolute atomic E-state index is 0.350. The van der Waals surface area contributed by atoms with Crippen LogP contribution >= 0.6 is 7.60 Å². The first-order valence-corrected chi connectivity index (χ1v) is 8.95. The smallest absolute Gasteiger partial charge is 0.327 e. The molecular weight excluding hydrogens is 327 g/mol. The topological polar surface area (TPSA) is 186 Å². The zero-order valence-electron chi connectivity index (χ0n) is 12.9. The first kappa shape index (κ1) is 19.4. The quantitative estimate of drug-likeness (QED) is 0.126. The van der Waals surface area contributed by atoms with E-state index in [0.29, 0.717) is 12.8 Å². The van der Waals surface area contributed by atoms with Crippen molar-refractivity contribution in [2.75, 3.05) is 6.16 Å². The number of carboxylic acid groups (broad SMARTS) is 1. The number of carboxylic acids is 1. The molecule has 132 valence electrons. The van der Waals surface area contributed by atoms with Crippen molar-refractivity contribution in [1.29, 1.82) is 5.41 Å². The Bertz CT molecular complexity index is 544. The Morgan fingerprint density at radius 1 is 1.48 bits per heavy atom. The lowest BCUT2D eigenvalue weighted by Crippen LogP contribution is -2.72. The van der Waals surface area contributed by atoms with Crippen LogP contribution in [0, 0.1) is 16.7 Å². The lowest BCUT2D eigenvalue weighted by Gasteiger charge is -2.51. The number of aliphatic carboxylic acids is 1. The van der Waals surface area contributed by atoms with Gasteiger partial charge in [-0.15, -0.1) is 0 Å². The first-order valence-electron chi connectivity index (χ1n) is 7.15. The molecule has 11 heteroatoms. The Hall–Kier alpha value is -1.64. The Balaban J connectivity index is 3.17. The van der Waals surface area contributed by atoms with Gasteiger partial charge in [-0.2, -0.15) is 0 Å². The monoisotopic (exact) mass is 350 g/mol. The summed E-state index contributed by atoms with van der Waals surface area (Å²) < 4.78 is 11.5. The fourth-order valence-corrected chi connectivity index (χ4v) is 4.63. The maximum absolute atomic E-state index is 11.9. The number of carbonyl (C=O) groups excluding carboxylic acids is 1. The van der Waals surface area contributed by atoms with Crippen LogP contribution in [0.5, 0.6) is 0 Å². The number of guanidine groups is 1. The standard InChI is InChI=1S/C12H23N4O6P/c1-3-12(4-2,5-23(20,21)22)8-6(9(17)16-8)7(10(18)19)15-11(13)14/h6-8H,3-5H2,1-2H3,(H,16,17)(H,18,19)(H4,13,14,15)(H2,20,21,22)/t6-,7+,8+/m0/s1. The summed E-state index contributed by atoms with van der Waals surface area (Å²) in [4.78, 5) is 42.0. The van der Waals surface area contributed by atoms with Gasteiger partial charge < -0.3 is 31.3 Å². The molecule has 0 unspecified atom stereocenters. The van der Waals surface area contributed by atoms with Gasteiger partial charge in [0.2, 0.25) is 5.91 Å². The van der Waals surface area contributed by atoms with Crippen molar-refractivity contribution in [3.05, 3.63) is 0 Å². The van der Waals surface area contributed by atoms with Crippen molar-refractivity contribution in [2.24, 2.45) is 17.1 Å². The summed E-state index contributed by atoms with van der Waals surface area (Å²) >= 11 is 0. The van der Waals surface area contributed by atoms with Crippen LogP contribution in [0.2, 0.25) is 0 Å². The highest BCUT2D eigenvalue weighted by Crippen LogP contribution is 2.50. The molecule has 0 aromatic rings. The molecule has 3 atom stereocenters. The summed E-state index contributed by atoms with van der Waals surface area (Å²) in [6.45, 7) is 3.46. The first-order chi connectivity index (χ1) is 10.5. The fraction of sp³-hybridized carbons (Fsp3) is 0.750. The van der Waals surface area contributed by atoms with Crippen LogP contribution < -0.4 is 16.4 Å². The van der Waals surface area contributed by atoms with E-state index in [1.807, 2.05) is 0 Å². The summed E-state index contributed by atoms with van der Waals surface area (Å²) in [5.41, 5.74) is 4.23. The summed E-state index contributed by atoms with van der Waals surface area (Å²) in [6.07, 6.45) is 0.242. The Morgan fingerprint density at radius 2 is 2.00 bits per heavy atom. The molecule has 0 aromatic heterocycles. The van der Waals surface area contributed by atoms with Gasteiger partial charge in [0, 0.05) is 11.5 Å². The summed E-state index contributed by atoms with van der Waals surface area (Å²) in [6, 6.07) is -2.16. The van der Waals surface area contributed by atoms with Gasteiger partial charge in [-0.3, -0.25) is 14.8 Å². The third-order valence-corrected chi connectivity index (χ3v) is 5.53. The van der Waals surface area contributed by atoms with E-state index in [9.17, 15) is 29.0 Å². The van der Waals surface area contributed by atoms with Crippen LogP contribution in [0.1, 0.15) is 26.7 Å². The van der Waals surface area contributed by atoms with Crippen molar-refractivity contribution in [1.82, 2.24) is 10.6 Å². The summed E-state index contributed by atoms with van der Waals surface area (Å²) in [5, 5.41) is 21.3. The lowest BCUT2D eigenvalue weighted by molar-refractivity contribution is -0.152. The molecule has 1 heterocycles. The highest BCUT2D eigenvalue weighted by Gasteiger charge is 2.57. The second-order valence-electron chi connectivity index (χ2n) is 5.78. The molecule has 0 bridgehead atoms. The number of β-lactam (4-membered cyclic amide) rings is 1. The summed E-state index contributed by atoms with van der Waals surface area (Å²) in [5.74, 6) is -3.57. The largest absolute Gasteiger partial charge is 0.480 e. The third-order valence-electron chi connectivity index (χ3n) is 4.48. The second-order valence-corrected chi connectivity index (χ2v) is 7.42. The Morgan fingerprint density at radius 3 is 2.30 bits per heavy atom. The predicted octanol–water partition coefficient (Wildman–Crippen LogP) is -0.979. The van der Waals surface area contributed by atoms with Gasteiger partial charge in [-0.05, 0) is 12.8 Å². The van der Waals surface area contributed by atoms with E-state index in [0.717, 1.165) is 0 Å². The number of nitrogens with two attached hydrogens (primary N) is 1. The highest BCUT2D eigenvalue weighted by atomic mass is 31.2. The van der Waals surface area contributed by atoms with Crippen LogP contribution in [0.4, 0.5) is 0 Å². The van der Waals surface area contributed by atoms with Gasteiger partial charge in [0.15, 0.2) is 5.96 Å². The molecule has 8 N–H and O–H groups in total. The molecule has 0 spiro atoms. The summed E-state index contributed by atoms with van der Waals surface area (Å²) in [7, 11) is -4.37. The number of hydrogen-bond acceptors (Lipinski definition) is 4.